The Morgan fingerprint density at radius 2 is 2.05 bits per heavy atom. The molecule has 20 heavy (non-hydrogen) atoms. The van der Waals surface area contributed by atoms with Gasteiger partial charge in [-0.1, -0.05) is 49.8 Å². The van der Waals surface area contributed by atoms with Crippen molar-refractivity contribution >= 4 is 0 Å². The van der Waals surface area contributed by atoms with Crippen LogP contribution in [0.2, 0.25) is 0 Å². The van der Waals surface area contributed by atoms with Gasteiger partial charge in [-0.15, -0.1) is 0 Å². The molecule has 2 heteroatoms. The molecule has 0 heterocycles. The molecule has 0 saturated carbocycles. The Morgan fingerprint density at radius 1 is 1.35 bits per heavy atom. The Labute approximate surface area is 122 Å². The van der Waals surface area contributed by atoms with Crippen LogP contribution in [-0.2, 0) is 11.3 Å². The number of aryl methyl sites for hydroxylation is 1. The van der Waals surface area contributed by atoms with Gasteiger partial charge in [-0.2, -0.15) is 0 Å². The fraction of sp³-hybridized carbons (Fsp3) is 0.556. The molecule has 0 saturated heterocycles. The predicted molar refractivity (Wildman–Crippen MR) is 82.5 cm³/mol. The van der Waals surface area contributed by atoms with E-state index in [1.165, 1.54) is 16.7 Å². The minimum absolute atomic E-state index is 0.121. The third kappa shape index (κ3) is 3.50. The third-order valence-electron chi connectivity index (χ3n) is 4.34. The van der Waals surface area contributed by atoms with Gasteiger partial charge in [0.15, 0.2) is 0 Å². The maximum atomic E-state index is 10.5. The predicted octanol–water partition coefficient (Wildman–Crippen LogP) is 4.01. The Morgan fingerprint density at radius 3 is 2.70 bits per heavy atom. The highest BCUT2D eigenvalue weighted by molar-refractivity contribution is 5.25. The summed E-state index contributed by atoms with van der Waals surface area (Å²) in [5, 5.41) is 10.5. The lowest BCUT2D eigenvalue weighted by atomic mass is 9.80. The molecule has 0 fully saturated rings. The fourth-order valence-corrected chi connectivity index (χ4v) is 2.66. The molecule has 1 aliphatic rings. The molecule has 1 N–H and O–H groups in total. The number of hydrogen-bond donors (Lipinski definition) is 1. The summed E-state index contributed by atoms with van der Waals surface area (Å²) in [7, 11) is 0. The van der Waals surface area contributed by atoms with Crippen molar-refractivity contribution in [3.8, 4) is 0 Å². The van der Waals surface area contributed by atoms with Crippen LogP contribution >= 0.6 is 0 Å². The van der Waals surface area contributed by atoms with Crippen LogP contribution in [0.15, 0.2) is 35.9 Å². The first-order chi connectivity index (χ1) is 9.40. The molecule has 0 spiro atoms. The van der Waals surface area contributed by atoms with Gasteiger partial charge in [-0.25, -0.2) is 0 Å². The number of aliphatic hydroxyl groups is 1. The Balaban J connectivity index is 2.04. The Hall–Kier alpha value is -1.12. The van der Waals surface area contributed by atoms with Crippen molar-refractivity contribution in [2.24, 2.45) is 5.92 Å². The molecule has 0 amide bonds. The molecule has 2 nitrogen and oxygen atoms in total. The van der Waals surface area contributed by atoms with Crippen LogP contribution in [0.1, 0.15) is 44.7 Å². The summed E-state index contributed by atoms with van der Waals surface area (Å²) in [5.74, 6) is 0.524. The van der Waals surface area contributed by atoms with E-state index in [2.05, 4.69) is 39.0 Å². The summed E-state index contributed by atoms with van der Waals surface area (Å²) in [4.78, 5) is 0. The van der Waals surface area contributed by atoms with E-state index in [-0.39, 0.29) is 6.10 Å². The summed E-state index contributed by atoms with van der Waals surface area (Å²) in [6.45, 7) is 8.94. The molecule has 0 aromatic heterocycles. The zero-order chi connectivity index (χ0) is 14.8. The van der Waals surface area contributed by atoms with Crippen molar-refractivity contribution in [3.05, 3.63) is 47.0 Å². The Bertz CT molecular complexity index is 486. The highest BCUT2D eigenvalue weighted by atomic mass is 16.5. The molecule has 2 atom stereocenters. The van der Waals surface area contributed by atoms with Gasteiger partial charge in [-0.05, 0) is 43.7 Å². The Kier molecular flexibility index (Phi) is 4.66. The fourth-order valence-electron chi connectivity index (χ4n) is 2.66. The summed E-state index contributed by atoms with van der Waals surface area (Å²) < 4.78 is 6.05. The van der Waals surface area contributed by atoms with Crippen molar-refractivity contribution in [2.75, 3.05) is 0 Å². The molecule has 110 valence electrons. The second-order valence-electron chi connectivity index (χ2n) is 6.43. The van der Waals surface area contributed by atoms with Gasteiger partial charge >= 0.3 is 0 Å². The van der Waals surface area contributed by atoms with Gasteiger partial charge < -0.3 is 9.84 Å². The van der Waals surface area contributed by atoms with E-state index in [4.69, 9.17) is 4.74 Å². The summed E-state index contributed by atoms with van der Waals surface area (Å²) in [5.41, 5.74) is 3.07. The zero-order valence-electron chi connectivity index (χ0n) is 13.0. The third-order valence-corrected chi connectivity index (χ3v) is 4.34. The molecule has 1 aromatic carbocycles. The van der Waals surface area contributed by atoms with Crippen LogP contribution in [-0.4, -0.2) is 16.8 Å². The van der Waals surface area contributed by atoms with Crippen LogP contribution in [0, 0.1) is 12.8 Å². The normalized spacial score (nSPS) is 26.7. The molecular weight excluding hydrogens is 248 g/mol. The number of benzene rings is 1. The van der Waals surface area contributed by atoms with Gasteiger partial charge in [0.2, 0.25) is 0 Å². The molecule has 0 aliphatic heterocycles. The maximum Gasteiger partial charge on any atom is 0.0917 e. The van der Waals surface area contributed by atoms with Crippen LogP contribution in [0.3, 0.4) is 0 Å². The van der Waals surface area contributed by atoms with E-state index in [0.717, 1.165) is 6.42 Å². The van der Waals surface area contributed by atoms with Crippen LogP contribution in [0.4, 0.5) is 0 Å². The molecule has 1 aliphatic carbocycles. The van der Waals surface area contributed by atoms with E-state index in [1.54, 1.807) is 0 Å². The van der Waals surface area contributed by atoms with E-state index in [1.807, 2.05) is 19.1 Å². The molecule has 1 aromatic rings. The van der Waals surface area contributed by atoms with E-state index < -0.39 is 5.60 Å². The lowest BCUT2D eigenvalue weighted by Gasteiger charge is -2.37. The first-order valence-corrected chi connectivity index (χ1v) is 7.47. The van der Waals surface area contributed by atoms with Crippen molar-refractivity contribution in [3.63, 3.8) is 0 Å². The second-order valence-corrected chi connectivity index (χ2v) is 6.43. The number of ether oxygens (including phenoxy) is 1. The lowest BCUT2D eigenvalue weighted by Crippen LogP contribution is -2.43. The van der Waals surface area contributed by atoms with Crippen molar-refractivity contribution in [2.45, 2.75) is 58.8 Å². The van der Waals surface area contributed by atoms with Crippen molar-refractivity contribution in [1.29, 1.82) is 0 Å². The van der Waals surface area contributed by atoms with Crippen LogP contribution in [0.25, 0.3) is 0 Å². The van der Waals surface area contributed by atoms with Gasteiger partial charge in [0.25, 0.3) is 0 Å². The van der Waals surface area contributed by atoms with Crippen LogP contribution in [0.5, 0.6) is 0 Å². The van der Waals surface area contributed by atoms with Crippen molar-refractivity contribution in [1.82, 2.24) is 0 Å². The monoisotopic (exact) mass is 274 g/mol. The molecule has 0 unspecified atom stereocenters. The van der Waals surface area contributed by atoms with Gasteiger partial charge in [0, 0.05) is 0 Å². The SMILES string of the molecule is Cc1ccccc1CO[C@@H]1CC(C(C)C)=CC[C@]1(C)O. The first-order valence-electron chi connectivity index (χ1n) is 7.47. The highest BCUT2D eigenvalue weighted by Crippen LogP contribution is 2.33. The van der Waals surface area contributed by atoms with E-state index in [9.17, 15) is 5.11 Å². The van der Waals surface area contributed by atoms with Crippen LogP contribution < -0.4 is 0 Å². The summed E-state index contributed by atoms with van der Waals surface area (Å²) in [6.07, 6.45) is 3.57. The molecule has 0 radical (unpaired) electrons. The van der Waals surface area contributed by atoms with Crippen molar-refractivity contribution < 1.29 is 9.84 Å². The molecule has 2 rings (SSSR count). The van der Waals surface area contributed by atoms with Gasteiger partial charge in [0.05, 0.1) is 18.3 Å². The van der Waals surface area contributed by atoms with Gasteiger partial charge in [-0.3, -0.25) is 0 Å². The minimum Gasteiger partial charge on any atom is -0.387 e. The quantitative estimate of drug-likeness (QED) is 0.841. The maximum absolute atomic E-state index is 10.5. The highest BCUT2D eigenvalue weighted by Gasteiger charge is 2.36. The zero-order valence-corrected chi connectivity index (χ0v) is 13.0. The number of rotatable bonds is 4. The average Bonchev–Trinajstić information content (AvgIpc) is 2.38. The molecular formula is C18H26O2. The first kappa shape index (κ1) is 15.3. The van der Waals surface area contributed by atoms with E-state index >= 15 is 0 Å². The van der Waals surface area contributed by atoms with Gasteiger partial charge in [0.1, 0.15) is 0 Å². The minimum atomic E-state index is -0.763. The number of hydrogen-bond acceptors (Lipinski definition) is 2. The summed E-state index contributed by atoms with van der Waals surface area (Å²) >= 11 is 0. The summed E-state index contributed by atoms with van der Waals surface area (Å²) in [6, 6.07) is 8.25. The smallest absolute Gasteiger partial charge is 0.0917 e. The lowest BCUT2D eigenvalue weighted by molar-refractivity contribution is -0.108. The molecule has 0 bridgehead atoms. The average molecular weight is 274 g/mol. The standard InChI is InChI=1S/C18H26O2/c1-13(2)15-9-10-18(4,19)17(11-15)20-12-16-8-6-5-7-14(16)3/h5-9,13,17,19H,10-12H2,1-4H3/t17-,18+/m1/s1. The van der Waals surface area contributed by atoms with E-state index in [0.29, 0.717) is 18.9 Å². The topological polar surface area (TPSA) is 29.5 Å². The largest absolute Gasteiger partial charge is 0.387 e. The second kappa shape index (κ2) is 6.11.